The van der Waals surface area contributed by atoms with Crippen LogP contribution in [0.5, 0.6) is 0 Å². The summed E-state index contributed by atoms with van der Waals surface area (Å²) in [6.45, 7) is 2.95. The minimum atomic E-state index is -1.05. The summed E-state index contributed by atoms with van der Waals surface area (Å²) in [4.78, 5) is 51.3. The summed E-state index contributed by atoms with van der Waals surface area (Å²) in [6, 6.07) is 4.44. The Balaban J connectivity index is 1.35. The maximum Gasteiger partial charge on any atom is 0.329 e. The molecule has 1 aromatic rings. The maximum atomic E-state index is 12.8. The van der Waals surface area contributed by atoms with Crippen LogP contribution in [0.1, 0.15) is 25.8 Å². The molecule has 0 spiro atoms. The topological polar surface area (TPSA) is 92.8 Å². The SMILES string of the molecule is CCc1cc(Br)ccc1NC(=O)COC(=O)[C@H](C)N1C(=O)[C@@H]2[C@@H](C1=O)[C@H]1C=C[C@H]2C1. The van der Waals surface area contributed by atoms with Crippen molar-refractivity contribution in [3.8, 4) is 0 Å². The van der Waals surface area contributed by atoms with Gasteiger partial charge in [0.1, 0.15) is 6.04 Å². The van der Waals surface area contributed by atoms with Gasteiger partial charge >= 0.3 is 5.97 Å². The van der Waals surface area contributed by atoms with Crippen molar-refractivity contribution >= 4 is 45.3 Å². The van der Waals surface area contributed by atoms with Crippen LogP contribution in [0, 0.1) is 23.7 Å². The number of aryl methyl sites for hydroxylation is 1. The molecule has 2 fully saturated rings. The van der Waals surface area contributed by atoms with Crippen LogP contribution in [0.25, 0.3) is 0 Å². The number of carbonyl (C=O) groups is 4. The summed E-state index contributed by atoms with van der Waals surface area (Å²) in [5.41, 5.74) is 1.59. The van der Waals surface area contributed by atoms with E-state index in [4.69, 9.17) is 4.74 Å². The van der Waals surface area contributed by atoms with Crippen molar-refractivity contribution in [1.82, 2.24) is 4.90 Å². The number of carbonyl (C=O) groups excluding carboxylic acids is 4. The summed E-state index contributed by atoms with van der Waals surface area (Å²) < 4.78 is 6.02. The van der Waals surface area contributed by atoms with Gasteiger partial charge < -0.3 is 10.1 Å². The zero-order valence-corrected chi connectivity index (χ0v) is 18.3. The molecule has 3 amide bonds. The number of hydrogen-bond donors (Lipinski definition) is 1. The van der Waals surface area contributed by atoms with Crippen LogP contribution in [0.2, 0.25) is 0 Å². The van der Waals surface area contributed by atoms with Gasteiger partial charge in [-0.1, -0.05) is 35.0 Å². The number of halogens is 1. The fourth-order valence-electron chi connectivity index (χ4n) is 4.83. The Morgan fingerprint density at radius 2 is 1.83 bits per heavy atom. The molecule has 8 heteroatoms. The molecular weight excluding hydrogens is 452 g/mol. The molecule has 1 N–H and O–H groups in total. The van der Waals surface area contributed by atoms with E-state index in [0.717, 1.165) is 27.8 Å². The number of amides is 3. The van der Waals surface area contributed by atoms with Crippen molar-refractivity contribution in [1.29, 1.82) is 0 Å². The predicted octanol–water partition coefficient (Wildman–Crippen LogP) is 2.69. The third-order valence-corrected chi connectivity index (χ3v) is 6.79. The second kappa shape index (κ2) is 7.98. The Kier molecular flexibility index (Phi) is 5.53. The smallest absolute Gasteiger partial charge is 0.329 e. The lowest BCUT2D eigenvalue weighted by Gasteiger charge is -2.23. The molecule has 30 heavy (non-hydrogen) atoms. The molecule has 5 atom stereocenters. The fourth-order valence-corrected chi connectivity index (χ4v) is 5.24. The molecule has 1 aliphatic heterocycles. The number of fused-ring (bicyclic) bond motifs is 5. The number of likely N-dealkylation sites (tertiary alicyclic amines) is 1. The molecule has 1 saturated heterocycles. The minimum Gasteiger partial charge on any atom is -0.454 e. The third kappa shape index (κ3) is 3.47. The van der Waals surface area contributed by atoms with Crippen LogP contribution < -0.4 is 5.32 Å². The zero-order valence-electron chi connectivity index (χ0n) is 16.8. The number of ether oxygens (including phenoxy) is 1. The van der Waals surface area contributed by atoms with Gasteiger partial charge in [0.2, 0.25) is 11.8 Å². The standard InChI is InChI=1S/C22H23BrN2O5/c1-3-12-9-15(23)6-7-16(12)24-17(26)10-30-22(29)11(2)25-20(27)18-13-4-5-14(8-13)19(18)21(25)28/h4-7,9,11,13-14,18-19H,3,8,10H2,1-2H3,(H,24,26)/t11-,13-,14-,18-,19-/m0/s1. The number of anilines is 1. The Labute approximate surface area is 183 Å². The number of rotatable bonds is 6. The van der Waals surface area contributed by atoms with E-state index in [1.54, 1.807) is 6.07 Å². The number of allylic oxidation sites excluding steroid dienone is 2. The lowest BCUT2D eigenvalue weighted by atomic mass is 9.85. The molecule has 1 saturated carbocycles. The van der Waals surface area contributed by atoms with E-state index in [1.165, 1.54) is 6.92 Å². The van der Waals surface area contributed by atoms with E-state index in [0.29, 0.717) is 5.69 Å². The molecule has 2 aliphatic carbocycles. The molecule has 1 aromatic carbocycles. The monoisotopic (exact) mass is 474 g/mol. The van der Waals surface area contributed by atoms with E-state index < -0.39 is 24.5 Å². The Morgan fingerprint density at radius 3 is 2.43 bits per heavy atom. The van der Waals surface area contributed by atoms with Crippen LogP contribution in [0.3, 0.4) is 0 Å². The highest BCUT2D eigenvalue weighted by Crippen LogP contribution is 2.52. The molecule has 0 unspecified atom stereocenters. The highest BCUT2D eigenvalue weighted by molar-refractivity contribution is 9.10. The second-order valence-corrected chi connectivity index (χ2v) is 8.95. The largest absolute Gasteiger partial charge is 0.454 e. The van der Waals surface area contributed by atoms with Crippen molar-refractivity contribution in [3.05, 3.63) is 40.4 Å². The van der Waals surface area contributed by atoms with Crippen LogP contribution in [-0.2, 0) is 30.3 Å². The van der Waals surface area contributed by atoms with Crippen LogP contribution in [0.4, 0.5) is 5.69 Å². The molecule has 0 aromatic heterocycles. The Bertz CT molecular complexity index is 929. The average Bonchev–Trinajstić information content (AvgIpc) is 3.40. The predicted molar refractivity (Wildman–Crippen MR) is 112 cm³/mol. The first-order valence-electron chi connectivity index (χ1n) is 10.1. The highest BCUT2D eigenvalue weighted by atomic mass is 79.9. The molecule has 7 nitrogen and oxygen atoms in total. The molecule has 0 radical (unpaired) electrons. The van der Waals surface area contributed by atoms with Gasteiger partial charge in [-0.3, -0.25) is 19.3 Å². The first-order chi connectivity index (χ1) is 14.3. The molecule has 1 heterocycles. The van der Waals surface area contributed by atoms with E-state index in [2.05, 4.69) is 21.2 Å². The van der Waals surface area contributed by atoms with Gasteiger partial charge in [0.05, 0.1) is 11.8 Å². The first kappa shape index (κ1) is 20.8. The number of hydrogen-bond acceptors (Lipinski definition) is 5. The van der Waals surface area contributed by atoms with Gasteiger partial charge in [0.15, 0.2) is 6.61 Å². The maximum absolute atomic E-state index is 12.8. The minimum absolute atomic E-state index is 0.0779. The van der Waals surface area contributed by atoms with Gasteiger partial charge in [-0.2, -0.15) is 0 Å². The molecular formula is C22H23BrN2O5. The molecule has 3 aliphatic rings. The first-order valence-corrected chi connectivity index (χ1v) is 10.9. The van der Waals surface area contributed by atoms with Crippen molar-refractivity contribution in [3.63, 3.8) is 0 Å². The van der Waals surface area contributed by atoms with E-state index >= 15 is 0 Å². The van der Waals surface area contributed by atoms with Crippen LogP contribution >= 0.6 is 15.9 Å². The highest BCUT2D eigenvalue weighted by Gasteiger charge is 2.60. The lowest BCUT2D eigenvalue weighted by Crippen LogP contribution is -2.45. The van der Waals surface area contributed by atoms with Crippen molar-refractivity contribution in [2.75, 3.05) is 11.9 Å². The Hall–Kier alpha value is -2.48. The fraction of sp³-hybridized carbons (Fsp3) is 0.455. The number of nitrogens with one attached hydrogen (secondary N) is 1. The van der Waals surface area contributed by atoms with Crippen molar-refractivity contribution < 1.29 is 23.9 Å². The van der Waals surface area contributed by atoms with Crippen molar-refractivity contribution in [2.24, 2.45) is 23.7 Å². The third-order valence-electron chi connectivity index (χ3n) is 6.30. The second-order valence-electron chi connectivity index (χ2n) is 8.03. The number of benzene rings is 1. The van der Waals surface area contributed by atoms with Gasteiger partial charge in [-0.05, 0) is 55.4 Å². The van der Waals surface area contributed by atoms with E-state index in [9.17, 15) is 19.2 Å². The van der Waals surface area contributed by atoms with E-state index in [-0.39, 0.29) is 35.5 Å². The van der Waals surface area contributed by atoms with Crippen LogP contribution in [0.15, 0.2) is 34.8 Å². The number of imide groups is 1. The van der Waals surface area contributed by atoms with E-state index in [1.807, 2.05) is 31.2 Å². The molecule has 2 bridgehead atoms. The van der Waals surface area contributed by atoms with Crippen molar-refractivity contribution in [2.45, 2.75) is 32.7 Å². The average molecular weight is 475 g/mol. The summed E-state index contributed by atoms with van der Waals surface area (Å²) in [5, 5.41) is 2.73. The summed E-state index contributed by atoms with van der Waals surface area (Å²) in [5.74, 6) is -2.43. The zero-order chi connectivity index (χ0) is 21.6. The normalized spacial score (nSPS) is 27.4. The van der Waals surface area contributed by atoms with Crippen LogP contribution in [-0.4, -0.2) is 41.2 Å². The molecule has 4 rings (SSSR count). The van der Waals surface area contributed by atoms with Gasteiger partial charge in [0, 0.05) is 10.2 Å². The van der Waals surface area contributed by atoms with Gasteiger partial charge in [-0.25, -0.2) is 4.79 Å². The molecule has 158 valence electrons. The lowest BCUT2D eigenvalue weighted by molar-refractivity contribution is -0.159. The quantitative estimate of drug-likeness (QED) is 0.388. The summed E-state index contributed by atoms with van der Waals surface area (Å²) in [7, 11) is 0. The van der Waals surface area contributed by atoms with Gasteiger partial charge in [-0.15, -0.1) is 0 Å². The summed E-state index contributed by atoms with van der Waals surface area (Å²) >= 11 is 3.39. The number of nitrogens with zero attached hydrogens (tertiary/aromatic N) is 1. The van der Waals surface area contributed by atoms with Gasteiger partial charge in [0.25, 0.3) is 5.91 Å². The Morgan fingerprint density at radius 1 is 1.20 bits per heavy atom. The summed E-state index contributed by atoms with van der Waals surface area (Å²) in [6.07, 6.45) is 5.56. The number of esters is 1.